The number of H-pyrrole nitrogens is 1. The number of carbonyl (C=O) groups excluding carboxylic acids is 2. The fourth-order valence-corrected chi connectivity index (χ4v) is 12.9. The molecule has 4 unspecified atom stereocenters. The SMILES string of the molecule is CC.CC.CCCCSc1nc(-c2onc3c2CCCC3C2(CCCC)OCCO2)nc(NCC2CCCN2C)c1C=N.CN.CSc1nc(C(=O)C2COCC3(CCCCC34OCCO4)C2=O)nc2n[nH]c(C)c12. The number of aromatic nitrogens is 7. The molecule has 4 aromatic rings. The summed E-state index contributed by atoms with van der Waals surface area (Å²) in [6.07, 6.45) is 16.7. The standard InChI is InChI=1S/C29H44N6O3S.C20H24N4O5S.2C2H6.CH5N/c1-4-6-13-29(36-15-16-37-29)23-12-8-11-21-24(23)34-38-25(21)27-32-26(31-19-20-10-9-14-35(20)3)22(18-30)28(33-27)39-17-7-5-2;1-11-13-16(24-23-11)21-17(22-18(13)30-2)14(25)12-9-27-10-19(15(12)26)5-3-4-6-20(19)28-7-8-29-20;3*1-2/h18,20,23,30H,4-17,19H2,1-3H3,(H,31,32,33);12H,3-10H2,1-2H3,(H,21,22,23,24);2*1-2H3;2H2,1H3. The molecule has 21 heteroatoms. The Morgan fingerprint density at radius 1 is 0.933 bits per heavy atom. The Hall–Kier alpha value is -3.93. The third-order valence-corrected chi connectivity index (χ3v) is 16.7. The molecule has 0 radical (unpaired) electrons. The van der Waals surface area contributed by atoms with Crippen molar-refractivity contribution in [1.29, 1.82) is 5.41 Å². The van der Waals surface area contributed by atoms with Crippen LogP contribution in [-0.2, 0) is 34.9 Å². The van der Waals surface area contributed by atoms with Crippen molar-refractivity contribution in [1.82, 2.24) is 40.2 Å². The maximum atomic E-state index is 13.8. The van der Waals surface area contributed by atoms with Crippen LogP contribution in [0.2, 0.25) is 0 Å². The predicted octanol–water partition coefficient (Wildman–Crippen LogP) is 9.59. The lowest BCUT2D eigenvalue weighted by molar-refractivity contribution is -0.268. The van der Waals surface area contributed by atoms with E-state index in [4.69, 9.17) is 43.6 Å². The Labute approximate surface area is 452 Å². The van der Waals surface area contributed by atoms with Gasteiger partial charge in [-0.15, -0.1) is 23.5 Å². The van der Waals surface area contributed by atoms with Crippen molar-refractivity contribution in [3.05, 3.63) is 28.3 Å². The average Bonchev–Trinajstić information content (AvgIpc) is 4.34. The minimum absolute atomic E-state index is 0.00420. The highest BCUT2D eigenvalue weighted by Crippen LogP contribution is 2.53. The van der Waals surface area contributed by atoms with Crippen LogP contribution in [0.15, 0.2) is 14.6 Å². The molecule has 8 heterocycles. The number of ketones is 2. The molecule has 2 aliphatic carbocycles. The van der Waals surface area contributed by atoms with E-state index in [9.17, 15) is 9.59 Å². The Balaban J connectivity index is 0.000000228. The molecule has 416 valence electrons. The lowest BCUT2D eigenvalue weighted by Gasteiger charge is -2.51. The number of likely N-dealkylation sites (N-methyl/N-ethyl adjacent to an activating group) is 1. The summed E-state index contributed by atoms with van der Waals surface area (Å²) in [6, 6.07) is 0.461. The van der Waals surface area contributed by atoms with Crippen LogP contribution in [0.4, 0.5) is 5.82 Å². The Bertz CT molecular complexity index is 2470. The van der Waals surface area contributed by atoms with Crippen molar-refractivity contribution in [2.24, 2.45) is 17.1 Å². The van der Waals surface area contributed by atoms with Gasteiger partial charge in [-0.05, 0) is 97.4 Å². The molecule has 0 bridgehead atoms. The van der Waals surface area contributed by atoms with Gasteiger partial charge in [0.15, 0.2) is 28.8 Å². The second-order valence-electron chi connectivity index (χ2n) is 19.2. The summed E-state index contributed by atoms with van der Waals surface area (Å²) in [5.74, 6) is -0.310. The van der Waals surface area contributed by atoms with Crippen LogP contribution in [0.3, 0.4) is 0 Å². The van der Waals surface area contributed by atoms with Crippen LogP contribution in [0, 0.1) is 23.7 Å². The van der Waals surface area contributed by atoms with E-state index in [1.54, 1.807) is 11.8 Å². The number of anilines is 1. The first-order valence-corrected chi connectivity index (χ1v) is 29.9. The van der Waals surface area contributed by atoms with Gasteiger partial charge in [0.05, 0.1) is 62.2 Å². The van der Waals surface area contributed by atoms with Crippen LogP contribution < -0.4 is 11.1 Å². The van der Waals surface area contributed by atoms with Gasteiger partial charge < -0.3 is 49.6 Å². The largest absolute Gasteiger partial charge is 0.379 e. The number of ether oxygens (including phenoxy) is 5. The molecule has 0 aromatic carbocycles. The van der Waals surface area contributed by atoms with Crippen LogP contribution in [-0.4, -0.2) is 154 Å². The van der Waals surface area contributed by atoms with Gasteiger partial charge in [0, 0.05) is 42.9 Å². The summed E-state index contributed by atoms with van der Waals surface area (Å²) in [4.78, 5) is 48.3. The van der Waals surface area contributed by atoms with Gasteiger partial charge in [-0.1, -0.05) is 66.0 Å². The first kappa shape index (κ1) is 60.3. The zero-order valence-corrected chi connectivity index (χ0v) is 48.0. The molecule has 75 heavy (non-hydrogen) atoms. The first-order chi connectivity index (χ1) is 36.6. The third kappa shape index (κ3) is 12.7. The van der Waals surface area contributed by atoms with Crippen molar-refractivity contribution < 1.29 is 37.8 Å². The van der Waals surface area contributed by atoms with Crippen molar-refractivity contribution >= 4 is 58.2 Å². The Kier molecular flexibility index (Phi) is 23.0. The maximum Gasteiger partial charge on any atom is 0.212 e. The number of nitrogens with one attached hydrogen (secondary N) is 3. The highest BCUT2D eigenvalue weighted by Gasteiger charge is 2.65. The molecular formula is C54H85N11O8S2. The molecule has 6 aliphatic rings. The van der Waals surface area contributed by atoms with Gasteiger partial charge in [0.25, 0.3) is 0 Å². The van der Waals surface area contributed by atoms with Gasteiger partial charge in [0.2, 0.25) is 17.4 Å². The lowest BCUT2D eigenvalue weighted by atomic mass is 9.62. The summed E-state index contributed by atoms with van der Waals surface area (Å²) in [6.45, 7) is 18.6. The molecule has 0 amide bonds. The molecule has 4 saturated heterocycles. The maximum absolute atomic E-state index is 13.8. The van der Waals surface area contributed by atoms with Crippen LogP contribution in [0.1, 0.15) is 164 Å². The number of hydrogen-bond donors (Lipinski definition) is 4. The molecule has 4 aliphatic heterocycles. The average molecular weight is 1080 g/mol. The van der Waals surface area contributed by atoms with E-state index in [1.807, 2.05) is 40.9 Å². The zero-order chi connectivity index (χ0) is 54.2. The number of nitrogens with zero attached hydrogens (tertiary/aromatic N) is 7. The topological polar surface area (TPSA) is 252 Å². The summed E-state index contributed by atoms with van der Waals surface area (Å²) in [5, 5.41) is 25.7. The molecule has 5 N–H and O–H groups in total. The predicted molar refractivity (Wildman–Crippen MR) is 295 cm³/mol. The fourth-order valence-electron chi connectivity index (χ4n) is 11.2. The zero-order valence-electron chi connectivity index (χ0n) is 46.4. The number of rotatable bonds is 16. The van der Waals surface area contributed by atoms with E-state index in [0.717, 1.165) is 116 Å². The van der Waals surface area contributed by atoms with Crippen LogP contribution in [0.25, 0.3) is 22.6 Å². The van der Waals surface area contributed by atoms with Crippen LogP contribution in [0.5, 0.6) is 0 Å². The van der Waals surface area contributed by atoms with E-state index >= 15 is 0 Å². The molecule has 4 aromatic heterocycles. The number of hydrogen-bond acceptors (Lipinski definition) is 20. The molecule has 1 saturated carbocycles. The summed E-state index contributed by atoms with van der Waals surface area (Å²) >= 11 is 3.11. The number of Topliss-reactive ketones (excluding diaryl/α,β-unsaturated/α-hetero) is 2. The molecule has 4 atom stereocenters. The minimum Gasteiger partial charge on any atom is -0.379 e. The fraction of sp³-hybridized carbons (Fsp3) is 0.722. The second kappa shape index (κ2) is 28.6. The minimum atomic E-state index is -0.990. The highest BCUT2D eigenvalue weighted by atomic mass is 32.2. The van der Waals surface area contributed by atoms with Crippen molar-refractivity contribution in [3.8, 4) is 11.6 Å². The number of thioether (sulfide) groups is 2. The van der Waals surface area contributed by atoms with Crippen molar-refractivity contribution in [3.63, 3.8) is 0 Å². The van der Waals surface area contributed by atoms with Gasteiger partial charge >= 0.3 is 0 Å². The van der Waals surface area contributed by atoms with E-state index in [0.29, 0.717) is 73.4 Å². The second-order valence-corrected chi connectivity index (χ2v) is 21.1. The smallest absolute Gasteiger partial charge is 0.212 e. The quantitative estimate of drug-likeness (QED) is 0.0203. The normalized spacial score (nSPS) is 23.5. The number of aromatic amines is 1. The van der Waals surface area contributed by atoms with Gasteiger partial charge in [0.1, 0.15) is 27.2 Å². The number of fused-ring (bicyclic) bond motifs is 3. The molecule has 5 fully saturated rings. The molecular weight excluding hydrogens is 995 g/mol. The van der Waals surface area contributed by atoms with Gasteiger partial charge in [-0.3, -0.25) is 14.7 Å². The van der Waals surface area contributed by atoms with Crippen molar-refractivity contribution in [2.75, 3.05) is 84.2 Å². The number of unbranched alkanes of at least 4 members (excludes halogenated alkanes) is 2. The lowest BCUT2D eigenvalue weighted by Crippen LogP contribution is -2.63. The Morgan fingerprint density at radius 2 is 1.65 bits per heavy atom. The number of nitrogens with two attached hydrogens (primary N) is 1. The summed E-state index contributed by atoms with van der Waals surface area (Å²) in [5.41, 5.74) is 7.56. The van der Waals surface area contributed by atoms with E-state index in [-0.39, 0.29) is 30.7 Å². The molecule has 10 rings (SSSR count). The number of likely N-dealkylation sites (tertiary alicyclic amines) is 1. The van der Waals surface area contributed by atoms with Gasteiger partial charge in [-0.2, -0.15) is 5.10 Å². The third-order valence-electron chi connectivity index (χ3n) is 15.0. The molecule has 19 nitrogen and oxygen atoms in total. The number of carbonyl (C=O) groups is 2. The summed E-state index contributed by atoms with van der Waals surface area (Å²) < 4.78 is 36.5. The Morgan fingerprint density at radius 3 is 2.33 bits per heavy atom. The monoisotopic (exact) mass is 1080 g/mol. The molecule has 2 spiro atoms. The van der Waals surface area contributed by atoms with Crippen LogP contribution >= 0.6 is 23.5 Å². The number of aryl methyl sites for hydroxylation is 1. The highest BCUT2D eigenvalue weighted by molar-refractivity contribution is 7.99. The van der Waals surface area contributed by atoms with E-state index in [2.05, 4.69) is 62.2 Å². The van der Waals surface area contributed by atoms with Crippen molar-refractivity contribution in [2.45, 2.75) is 172 Å². The summed E-state index contributed by atoms with van der Waals surface area (Å²) in [7, 11) is 3.68. The van der Waals surface area contributed by atoms with E-state index < -0.39 is 28.7 Å². The van der Waals surface area contributed by atoms with E-state index in [1.165, 1.54) is 37.9 Å². The van der Waals surface area contributed by atoms with Gasteiger partial charge in [-0.25, -0.2) is 19.9 Å². The first-order valence-electron chi connectivity index (χ1n) is 27.7.